The molecule has 1 saturated heterocycles. The van der Waals surface area contributed by atoms with Crippen LogP contribution in [0.4, 0.5) is 27.8 Å². The van der Waals surface area contributed by atoms with Crippen molar-refractivity contribution in [1.82, 2.24) is 4.98 Å². The largest absolute Gasteiger partial charge is 0.479 e. The van der Waals surface area contributed by atoms with E-state index in [0.717, 1.165) is 0 Å². The molecule has 1 aliphatic carbocycles. The van der Waals surface area contributed by atoms with E-state index in [1.165, 1.54) is 12.1 Å². The van der Waals surface area contributed by atoms with E-state index in [2.05, 4.69) is 15.6 Å². The number of ether oxygens (including phenoxy) is 3. The van der Waals surface area contributed by atoms with Crippen LogP contribution in [0.3, 0.4) is 0 Å². The topological polar surface area (TPSA) is 205 Å². The van der Waals surface area contributed by atoms with Crippen LogP contribution < -0.4 is 16.4 Å². The van der Waals surface area contributed by atoms with E-state index in [-0.39, 0.29) is 36.3 Å². The zero-order chi connectivity index (χ0) is 26.0. The molecule has 2 aliphatic rings. The molecular weight excluding hydrogens is 466 g/mol. The Bertz CT molecular complexity index is 1010. The number of nitrogens with two attached hydrogens (primary N) is 1. The summed E-state index contributed by atoms with van der Waals surface area (Å²) in [6, 6.07) is 0.814. The molecule has 5 N–H and O–H groups in total. The quantitative estimate of drug-likeness (QED) is 0.316. The van der Waals surface area contributed by atoms with Gasteiger partial charge in [0.15, 0.2) is 11.9 Å². The molecule has 3 atom stereocenters. The molecule has 2 heterocycles. The molecule has 190 valence electrons. The molecule has 0 radical (unpaired) electrons. The fraction of sp³-hybridized carbons (Fsp3) is 0.429. The number of nitro groups is 1. The summed E-state index contributed by atoms with van der Waals surface area (Å²) in [6.07, 6.45) is 4.98. The van der Waals surface area contributed by atoms with Crippen molar-refractivity contribution in [1.29, 1.82) is 0 Å². The van der Waals surface area contributed by atoms with Crippen molar-refractivity contribution in [2.45, 2.75) is 26.0 Å². The second-order valence-electron chi connectivity index (χ2n) is 7.27. The summed E-state index contributed by atoms with van der Waals surface area (Å²) in [4.78, 5) is 48.1. The fourth-order valence-corrected chi connectivity index (χ4v) is 3.11. The molecule has 35 heavy (non-hydrogen) atoms. The second kappa shape index (κ2) is 13.0. The molecule has 1 aromatic rings. The number of allylic oxidation sites excluding steroid dienone is 3. The summed E-state index contributed by atoms with van der Waals surface area (Å²) in [5, 5.41) is 24.9. The Morgan fingerprint density at radius 2 is 2.14 bits per heavy atom. The number of carboxylic acid groups (broad SMARTS) is 1. The third kappa shape index (κ3) is 8.04. The van der Waals surface area contributed by atoms with Crippen molar-refractivity contribution in [2.24, 2.45) is 5.92 Å². The van der Waals surface area contributed by atoms with Crippen LogP contribution in [-0.2, 0) is 23.8 Å². The van der Waals surface area contributed by atoms with Gasteiger partial charge < -0.3 is 30.4 Å². The molecule has 14 heteroatoms. The van der Waals surface area contributed by atoms with Crippen molar-refractivity contribution in [3.8, 4) is 0 Å². The summed E-state index contributed by atoms with van der Waals surface area (Å²) in [7, 11) is 0. The first-order valence-corrected chi connectivity index (χ1v) is 10.6. The minimum Gasteiger partial charge on any atom is -0.479 e. The highest BCUT2D eigenvalue weighted by Crippen LogP contribution is 2.33. The van der Waals surface area contributed by atoms with Gasteiger partial charge >= 0.3 is 17.7 Å². The molecule has 14 nitrogen and oxygen atoms in total. The minimum atomic E-state index is -0.949. The summed E-state index contributed by atoms with van der Waals surface area (Å²) < 4.78 is 14.4. The number of nitrogen functional groups attached to an aromatic ring is 1. The van der Waals surface area contributed by atoms with Crippen LogP contribution in [-0.4, -0.2) is 71.4 Å². The number of nitrogens with one attached hydrogen (secondary N) is 2. The van der Waals surface area contributed by atoms with Gasteiger partial charge in [0.1, 0.15) is 11.5 Å². The number of hydrogen-bond donors (Lipinski definition) is 4. The van der Waals surface area contributed by atoms with Gasteiger partial charge in [-0.15, -0.1) is 0 Å². The van der Waals surface area contributed by atoms with Crippen LogP contribution in [0, 0.1) is 16.0 Å². The molecule has 3 rings (SSSR count). The maximum absolute atomic E-state index is 12.0. The molecule has 0 bridgehead atoms. The van der Waals surface area contributed by atoms with E-state index < -0.39 is 40.7 Å². The van der Waals surface area contributed by atoms with Crippen LogP contribution in [0.15, 0.2) is 30.4 Å². The van der Waals surface area contributed by atoms with Crippen LogP contribution >= 0.6 is 0 Å². The summed E-state index contributed by atoms with van der Waals surface area (Å²) in [5.41, 5.74) is 5.28. The van der Waals surface area contributed by atoms with E-state index in [1.54, 1.807) is 32.1 Å². The van der Waals surface area contributed by atoms with Gasteiger partial charge in [0.25, 0.3) is 0 Å². The lowest BCUT2D eigenvalue weighted by atomic mass is 9.92. The highest BCUT2D eigenvalue weighted by molar-refractivity contribution is 5.95. The van der Waals surface area contributed by atoms with Gasteiger partial charge in [0.05, 0.1) is 37.3 Å². The third-order valence-corrected chi connectivity index (χ3v) is 4.74. The van der Waals surface area contributed by atoms with Gasteiger partial charge in [0.2, 0.25) is 5.82 Å². The van der Waals surface area contributed by atoms with Gasteiger partial charge in [-0.1, -0.05) is 18.2 Å². The number of ketones is 1. The summed E-state index contributed by atoms with van der Waals surface area (Å²) in [6.45, 7) is 4.57. The number of nitrogens with zero attached hydrogens (tertiary/aromatic N) is 2. The molecule has 1 amide bonds. The van der Waals surface area contributed by atoms with Crippen LogP contribution in [0.25, 0.3) is 0 Å². The first-order chi connectivity index (χ1) is 16.6. The number of aliphatic carboxylic acids is 1. The smallest absolute Gasteiger partial charge is 0.412 e. The number of carbonyl (C=O) groups excluding carboxylic acids is 2. The lowest BCUT2D eigenvalue weighted by molar-refractivity contribution is -0.383. The van der Waals surface area contributed by atoms with Gasteiger partial charge in [-0.25, -0.2) is 14.6 Å². The van der Waals surface area contributed by atoms with Crippen molar-refractivity contribution in [2.75, 3.05) is 42.8 Å². The van der Waals surface area contributed by atoms with E-state index in [1.807, 2.05) is 0 Å². The number of anilines is 3. The number of amides is 1. The standard InChI is InChI=1S/C16H19N5O5.C5H8O4/c1-3-26-16(23)20-13-8-11(14(21(24)25)15(17)19-13)18-9(2)10-6-4-5-7-12(10)22;6-5(7)4-3-8-1-2-9-4/h4-10H,3H2,1-2H3,(H4,17,18,19,20,23);4H,1-3H2,(H,6,7). The van der Waals surface area contributed by atoms with E-state index >= 15 is 0 Å². The Morgan fingerprint density at radius 1 is 1.40 bits per heavy atom. The minimum absolute atomic E-state index is 0.00772. The maximum atomic E-state index is 12.0. The highest BCUT2D eigenvalue weighted by Gasteiger charge is 2.27. The first kappa shape index (κ1) is 27.2. The molecule has 0 aromatic carbocycles. The van der Waals surface area contributed by atoms with E-state index in [9.17, 15) is 24.5 Å². The predicted molar refractivity (Wildman–Crippen MR) is 124 cm³/mol. The van der Waals surface area contributed by atoms with Gasteiger partial charge in [-0.3, -0.25) is 20.2 Å². The monoisotopic (exact) mass is 493 g/mol. The first-order valence-electron chi connectivity index (χ1n) is 10.6. The van der Waals surface area contributed by atoms with Crippen molar-refractivity contribution < 1.29 is 38.6 Å². The average molecular weight is 493 g/mol. The third-order valence-electron chi connectivity index (χ3n) is 4.74. The summed E-state index contributed by atoms with van der Waals surface area (Å²) in [5.74, 6) is -1.94. The number of aromatic nitrogens is 1. The molecule has 3 unspecified atom stereocenters. The number of pyridine rings is 1. The Labute approximate surface area is 200 Å². The molecule has 0 saturated carbocycles. The SMILES string of the molecule is CCOC(=O)Nc1cc(NC(C)C2C=CC=CC2=O)c([N+](=O)[O-])c(N)n1.O=C(O)C1COCCO1. The maximum Gasteiger partial charge on any atom is 0.412 e. The Balaban J connectivity index is 0.000000402. The molecule has 0 spiro atoms. The number of rotatable bonds is 7. The van der Waals surface area contributed by atoms with Gasteiger partial charge in [-0.05, 0) is 19.9 Å². The molecule has 1 aliphatic heterocycles. The fourth-order valence-electron chi connectivity index (χ4n) is 3.11. The van der Waals surface area contributed by atoms with E-state index in [4.69, 9.17) is 25.1 Å². The van der Waals surface area contributed by atoms with Gasteiger partial charge in [-0.2, -0.15) is 0 Å². The Hall–Kier alpha value is -4.04. The predicted octanol–water partition coefficient (Wildman–Crippen LogP) is 1.74. The zero-order valence-corrected chi connectivity index (χ0v) is 19.1. The average Bonchev–Trinajstić information content (AvgIpc) is 2.80. The van der Waals surface area contributed by atoms with Crippen molar-refractivity contribution in [3.05, 3.63) is 40.5 Å². The van der Waals surface area contributed by atoms with E-state index in [0.29, 0.717) is 13.2 Å². The number of carbonyl (C=O) groups is 3. The van der Waals surface area contributed by atoms with Crippen LogP contribution in [0.5, 0.6) is 0 Å². The summed E-state index contributed by atoms with van der Waals surface area (Å²) >= 11 is 0. The Morgan fingerprint density at radius 3 is 2.69 bits per heavy atom. The molecular formula is C21H27N5O9. The highest BCUT2D eigenvalue weighted by atomic mass is 16.6. The van der Waals surface area contributed by atoms with Crippen LogP contribution in [0.1, 0.15) is 13.8 Å². The molecule has 1 aromatic heterocycles. The number of hydrogen-bond acceptors (Lipinski definition) is 11. The van der Waals surface area contributed by atoms with Crippen molar-refractivity contribution in [3.63, 3.8) is 0 Å². The number of carboxylic acids is 1. The van der Waals surface area contributed by atoms with Crippen LogP contribution in [0.2, 0.25) is 0 Å². The lowest BCUT2D eigenvalue weighted by Gasteiger charge is -2.22. The van der Waals surface area contributed by atoms with Gasteiger partial charge in [0, 0.05) is 12.1 Å². The molecule has 1 fully saturated rings. The zero-order valence-electron chi connectivity index (χ0n) is 19.1. The second-order valence-corrected chi connectivity index (χ2v) is 7.27. The normalized spacial score (nSPS) is 19.7. The van der Waals surface area contributed by atoms with Crippen molar-refractivity contribution >= 4 is 40.9 Å². The Kier molecular flexibility index (Phi) is 10.1. The lowest BCUT2D eigenvalue weighted by Crippen LogP contribution is -2.35.